The Kier molecular flexibility index (Phi) is 6.09. The van der Waals surface area contributed by atoms with Gasteiger partial charge in [0.25, 0.3) is 0 Å². The highest BCUT2D eigenvalue weighted by Gasteiger charge is 2.12. The fourth-order valence-corrected chi connectivity index (χ4v) is 1.58. The molecule has 0 saturated carbocycles. The molecule has 0 radical (unpaired) electrons. The summed E-state index contributed by atoms with van der Waals surface area (Å²) in [5.74, 6) is -0.442. The molecule has 1 aromatic rings. The van der Waals surface area contributed by atoms with Crippen LogP contribution in [0.4, 0.5) is 4.39 Å². The highest BCUT2D eigenvalue weighted by atomic mass is 35.5. The van der Waals surface area contributed by atoms with Crippen LogP contribution in [-0.2, 0) is 11.3 Å². The molecule has 1 amide bonds. The molecule has 18 heavy (non-hydrogen) atoms. The number of nitrogens with one attached hydrogen (secondary N) is 2. The van der Waals surface area contributed by atoms with Gasteiger partial charge in [-0.25, -0.2) is 4.39 Å². The number of rotatable bonds is 6. The Morgan fingerprint density at radius 2 is 2.22 bits per heavy atom. The monoisotopic (exact) mass is 272 g/mol. The average molecular weight is 273 g/mol. The van der Waals surface area contributed by atoms with Crippen LogP contribution in [0.15, 0.2) is 18.2 Å². The molecule has 3 nitrogen and oxygen atoms in total. The van der Waals surface area contributed by atoms with Gasteiger partial charge < -0.3 is 10.6 Å². The summed E-state index contributed by atoms with van der Waals surface area (Å²) in [5, 5.41) is 6.11. The summed E-state index contributed by atoms with van der Waals surface area (Å²) in [6, 6.07) is 4.15. The molecule has 0 aromatic heterocycles. The summed E-state index contributed by atoms with van der Waals surface area (Å²) in [7, 11) is 0. The van der Waals surface area contributed by atoms with Crippen molar-refractivity contribution in [3.63, 3.8) is 0 Å². The minimum absolute atomic E-state index is 0.0776. The molecule has 0 fully saturated rings. The van der Waals surface area contributed by atoms with E-state index in [-0.39, 0.29) is 17.8 Å². The molecule has 0 saturated heterocycles. The number of amides is 1. The van der Waals surface area contributed by atoms with Gasteiger partial charge >= 0.3 is 0 Å². The van der Waals surface area contributed by atoms with Crippen LogP contribution in [0.25, 0.3) is 0 Å². The van der Waals surface area contributed by atoms with Gasteiger partial charge in [-0.2, -0.15) is 0 Å². The number of benzene rings is 1. The second kappa shape index (κ2) is 7.34. The second-order valence-electron chi connectivity index (χ2n) is 4.13. The smallest absolute Gasteiger partial charge is 0.236 e. The average Bonchev–Trinajstić information content (AvgIpc) is 2.34. The molecule has 1 aromatic carbocycles. The quantitative estimate of drug-likeness (QED) is 0.835. The third kappa shape index (κ3) is 4.63. The SMILES string of the molecule is CCCNC(=O)C(C)NCc1ccc(Cl)cc1F. The van der Waals surface area contributed by atoms with E-state index in [1.165, 1.54) is 6.07 Å². The summed E-state index contributed by atoms with van der Waals surface area (Å²) in [4.78, 5) is 11.6. The summed E-state index contributed by atoms with van der Waals surface area (Å²) in [6.45, 7) is 4.68. The summed E-state index contributed by atoms with van der Waals surface area (Å²) < 4.78 is 13.5. The van der Waals surface area contributed by atoms with Gasteiger partial charge in [-0.3, -0.25) is 4.79 Å². The molecule has 1 atom stereocenters. The fraction of sp³-hybridized carbons (Fsp3) is 0.462. The van der Waals surface area contributed by atoms with Gasteiger partial charge in [0.1, 0.15) is 5.82 Å². The van der Waals surface area contributed by atoms with Gasteiger partial charge in [0.2, 0.25) is 5.91 Å². The number of halogens is 2. The van der Waals surface area contributed by atoms with Gasteiger partial charge in [0.05, 0.1) is 6.04 Å². The van der Waals surface area contributed by atoms with E-state index < -0.39 is 0 Å². The fourth-order valence-electron chi connectivity index (χ4n) is 1.42. The molecule has 5 heteroatoms. The minimum Gasteiger partial charge on any atom is -0.355 e. The molecular formula is C13H18ClFN2O. The van der Waals surface area contributed by atoms with E-state index in [4.69, 9.17) is 11.6 Å². The van der Waals surface area contributed by atoms with E-state index in [0.29, 0.717) is 23.7 Å². The lowest BCUT2D eigenvalue weighted by atomic mass is 10.2. The van der Waals surface area contributed by atoms with E-state index in [0.717, 1.165) is 6.42 Å². The number of hydrogen-bond donors (Lipinski definition) is 2. The predicted octanol–water partition coefficient (Wildman–Crippen LogP) is 2.48. The summed E-state index contributed by atoms with van der Waals surface area (Å²) >= 11 is 5.66. The van der Waals surface area contributed by atoms with E-state index in [1.54, 1.807) is 19.1 Å². The predicted molar refractivity (Wildman–Crippen MR) is 71.0 cm³/mol. The van der Waals surface area contributed by atoms with Crippen molar-refractivity contribution < 1.29 is 9.18 Å². The van der Waals surface area contributed by atoms with Crippen LogP contribution in [0.5, 0.6) is 0 Å². The maximum atomic E-state index is 13.5. The molecule has 0 bridgehead atoms. The van der Waals surface area contributed by atoms with Crippen molar-refractivity contribution in [2.24, 2.45) is 0 Å². The molecule has 2 N–H and O–H groups in total. The van der Waals surface area contributed by atoms with E-state index >= 15 is 0 Å². The Bertz CT molecular complexity index is 412. The molecule has 0 heterocycles. The maximum Gasteiger partial charge on any atom is 0.236 e. The van der Waals surface area contributed by atoms with Gasteiger partial charge in [-0.05, 0) is 25.5 Å². The second-order valence-corrected chi connectivity index (χ2v) is 4.57. The van der Waals surface area contributed by atoms with E-state index in [1.807, 2.05) is 6.92 Å². The first-order valence-electron chi connectivity index (χ1n) is 5.99. The zero-order valence-electron chi connectivity index (χ0n) is 10.6. The van der Waals surface area contributed by atoms with Crippen molar-refractivity contribution in [3.05, 3.63) is 34.6 Å². The zero-order chi connectivity index (χ0) is 13.5. The lowest BCUT2D eigenvalue weighted by Crippen LogP contribution is -2.42. The molecule has 1 unspecified atom stereocenters. The molecule has 0 aliphatic rings. The summed E-state index contributed by atoms with van der Waals surface area (Å²) in [6.07, 6.45) is 0.893. The third-order valence-corrected chi connectivity index (χ3v) is 2.79. The maximum absolute atomic E-state index is 13.5. The summed E-state index contributed by atoms with van der Waals surface area (Å²) in [5.41, 5.74) is 0.495. The van der Waals surface area contributed by atoms with Crippen molar-refractivity contribution in [2.75, 3.05) is 6.54 Å². The molecular weight excluding hydrogens is 255 g/mol. The molecule has 0 aliphatic heterocycles. The molecule has 0 spiro atoms. The Morgan fingerprint density at radius 1 is 1.50 bits per heavy atom. The lowest BCUT2D eigenvalue weighted by Gasteiger charge is -2.14. The molecule has 1 rings (SSSR count). The van der Waals surface area contributed by atoms with Crippen LogP contribution in [0, 0.1) is 5.82 Å². The highest BCUT2D eigenvalue weighted by molar-refractivity contribution is 6.30. The highest BCUT2D eigenvalue weighted by Crippen LogP contribution is 2.14. The van der Waals surface area contributed by atoms with Crippen molar-refractivity contribution in [1.29, 1.82) is 0 Å². The third-order valence-electron chi connectivity index (χ3n) is 2.56. The minimum atomic E-state index is -0.365. The van der Waals surface area contributed by atoms with Crippen LogP contribution in [0.3, 0.4) is 0 Å². The van der Waals surface area contributed by atoms with Crippen LogP contribution in [-0.4, -0.2) is 18.5 Å². The van der Waals surface area contributed by atoms with Crippen LogP contribution >= 0.6 is 11.6 Å². The number of carbonyl (C=O) groups is 1. The first-order valence-corrected chi connectivity index (χ1v) is 6.37. The van der Waals surface area contributed by atoms with Crippen molar-refractivity contribution in [1.82, 2.24) is 10.6 Å². The first-order chi connectivity index (χ1) is 8.54. The van der Waals surface area contributed by atoms with E-state index in [9.17, 15) is 9.18 Å². The largest absolute Gasteiger partial charge is 0.355 e. The van der Waals surface area contributed by atoms with Crippen molar-refractivity contribution >= 4 is 17.5 Å². The number of hydrogen-bond acceptors (Lipinski definition) is 2. The Morgan fingerprint density at radius 3 is 2.83 bits per heavy atom. The van der Waals surface area contributed by atoms with Gasteiger partial charge in [0, 0.05) is 23.7 Å². The van der Waals surface area contributed by atoms with Crippen LogP contribution in [0.1, 0.15) is 25.8 Å². The zero-order valence-corrected chi connectivity index (χ0v) is 11.4. The molecule has 0 aliphatic carbocycles. The number of carbonyl (C=O) groups excluding carboxylic acids is 1. The Hall–Kier alpha value is -1.13. The lowest BCUT2D eigenvalue weighted by molar-refractivity contribution is -0.122. The standard InChI is InChI=1S/C13H18ClFN2O/c1-3-6-16-13(18)9(2)17-8-10-4-5-11(14)7-12(10)15/h4-5,7,9,17H,3,6,8H2,1-2H3,(H,16,18). The van der Waals surface area contributed by atoms with Gasteiger partial charge in [0.15, 0.2) is 0 Å². The normalized spacial score (nSPS) is 12.2. The van der Waals surface area contributed by atoms with Crippen LogP contribution < -0.4 is 10.6 Å². The van der Waals surface area contributed by atoms with Crippen molar-refractivity contribution in [2.45, 2.75) is 32.9 Å². The van der Waals surface area contributed by atoms with Gasteiger partial charge in [-0.15, -0.1) is 0 Å². The van der Waals surface area contributed by atoms with Gasteiger partial charge in [-0.1, -0.05) is 24.6 Å². The van der Waals surface area contributed by atoms with Crippen LogP contribution in [0.2, 0.25) is 5.02 Å². The Balaban J connectivity index is 2.46. The first kappa shape index (κ1) is 14.9. The topological polar surface area (TPSA) is 41.1 Å². The molecule has 100 valence electrons. The van der Waals surface area contributed by atoms with Crippen molar-refractivity contribution in [3.8, 4) is 0 Å². The Labute approximate surface area is 112 Å². The van der Waals surface area contributed by atoms with E-state index in [2.05, 4.69) is 10.6 Å².